The lowest BCUT2D eigenvalue weighted by Crippen LogP contribution is -2.61. The van der Waals surface area contributed by atoms with Gasteiger partial charge in [0.15, 0.2) is 0 Å². The lowest BCUT2D eigenvalue weighted by Gasteiger charge is -2.44. The standard InChI is InChI=1S/C20H28N2O4/c1-25-16-14-21-12-5-10-20(19(21)24)11-6-13-22(20)18(23)9-15-26-17-7-3-2-4-8-17/h2-4,7-8H,5-6,9-16H2,1H3. The van der Waals surface area contributed by atoms with Crippen LogP contribution in [0, 0.1) is 0 Å². The number of carbonyl (C=O) groups excluding carboxylic acids is 2. The van der Waals surface area contributed by atoms with Crippen LogP contribution in [0.15, 0.2) is 30.3 Å². The van der Waals surface area contributed by atoms with Crippen molar-refractivity contribution in [3.63, 3.8) is 0 Å². The summed E-state index contributed by atoms with van der Waals surface area (Å²) in [6.45, 7) is 2.87. The molecular formula is C20H28N2O4. The molecule has 0 aromatic heterocycles. The molecule has 6 heteroatoms. The zero-order chi connectivity index (χ0) is 18.4. The van der Waals surface area contributed by atoms with E-state index in [9.17, 15) is 9.59 Å². The number of hydrogen-bond donors (Lipinski definition) is 0. The van der Waals surface area contributed by atoms with Gasteiger partial charge in [0.05, 0.1) is 19.6 Å². The van der Waals surface area contributed by atoms with Gasteiger partial charge in [0.2, 0.25) is 11.8 Å². The third-order valence-electron chi connectivity index (χ3n) is 5.39. The Labute approximate surface area is 155 Å². The SMILES string of the molecule is COCCN1CCCC2(CCCN2C(=O)CCOc2ccccc2)C1=O. The normalized spacial score (nSPS) is 22.9. The van der Waals surface area contributed by atoms with Crippen molar-refractivity contribution in [2.75, 3.05) is 40.0 Å². The molecule has 1 spiro atoms. The Balaban J connectivity index is 1.61. The quantitative estimate of drug-likeness (QED) is 0.747. The van der Waals surface area contributed by atoms with Gasteiger partial charge in [-0.05, 0) is 37.8 Å². The number of hydrogen-bond acceptors (Lipinski definition) is 4. The fourth-order valence-corrected chi connectivity index (χ4v) is 4.11. The summed E-state index contributed by atoms with van der Waals surface area (Å²) >= 11 is 0. The Bertz CT molecular complexity index is 621. The number of ether oxygens (including phenoxy) is 2. The van der Waals surface area contributed by atoms with Crippen LogP contribution in [0.5, 0.6) is 5.75 Å². The molecule has 1 aromatic rings. The third kappa shape index (κ3) is 3.85. The summed E-state index contributed by atoms with van der Waals surface area (Å²) in [4.78, 5) is 29.6. The van der Waals surface area contributed by atoms with E-state index in [1.807, 2.05) is 40.1 Å². The van der Waals surface area contributed by atoms with E-state index in [1.54, 1.807) is 7.11 Å². The molecule has 2 aliphatic rings. The molecule has 2 fully saturated rings. The van der Waals surface area contributed by atoms with Crippen LogP contribution in [-0.2, 0) is 14.3 Å². The molecule has 2 amide bonds. The van der Waals surface area contributed by atoms with E-state index < -0.39 is 5.54 Å². The van der Waals surface area contributed by atoms with Crippen molar-refractivity contribution in [1.82, 2.24) is 9.80 Å². The summed E-state index contributed by atoms with van der Waals surface area (Å²) in [7, 11) is 1.64. The van der Waals surface area contributed by atoms with E-state index in [4.69, 9.17) is 9.47 Å². The first-order valence-electron chi connectivity index (χ1n) is 9.44. The molecule has 1 aromatic carbocycles. The average Bonchev–Trinajstić information content (AvgIpc) is 3.08. The Hall–Kier alpha value is -2.08. The first kappa shape index (κ1) is 18.7. The van der Waals surface area contributed by atoms with Crippen LogP contribution in [0.4, 0.5) is 0 Å². The second-order valence-electron chi connectivity index (χ2n) is 6.98. The topological polar surface area (TPSA) is 59.1 Å². The van der Waals surface area contributed by atoms with Crippen LogP contribution >= 0.6 is 0 Å². The van der Waals surface area contributed by atoms with Crippen LogP contribution in [0.3, 0.4) is 0 Å². The maximum absolute atomic E-state index is 13.1. The molecule has 142 valence electrons. The van der Waals surface area contributed by atoms with E-state index in [0.717, 1.165) is 38.0 Å². The van der Waals surface area contributed by atoms with E-state index in [2.05, 4.69) is 0 Å². The van der Waals surface area contributed by atoms with Gasteiger partial charge in [-0.15, -0.1) is 0 Å². The predicted molar refractivity (Wildman–Crippen MR) is 97.9 cm³/mol. The van der Waals surface area contributed by atoms with E-state index in [-0.39, 0.29) is 11.8 Å². The van der Waals surface area contributed by atoms with Gasteiger partial charge in [-0.25, -0.2) is 0 Å². The monoisotopic (exact) mass is 360 g/mol. The fourth-order valence-electron chi connectivity index (χ4n) is 4.11. The van der Waals surface area contributed by atoms with Gasteiger partial charge >= 0.3 is 0 Å². The molecule has 0 N–H and O–H groups in total. The van der Waals surface area contributed by atoms with Gasteiger partial charge in [-0.1, -0.05) is 18.2 Å². The molecule has 0 radical (unpaired) electrons. The lowest BCUT2D eigenvalue weighted by atomic mass is 9.85. The molecule has 2 saturated heterocycles. The minimum absolute atomic E-state index is 0.0142. The Kier molecular flexibility index (Phi) is 6.14. The smallest absolute Gasteiger partial charge is 0.248 e. The first-order chi connectivity index (χ1) is 12.7. The minimum Gasteiger partial charge on any atom is -0.493 e. The van der Waals surface area contributed by atoms with Crippen LogP contribution in [0.25, 0.3) is 0 Å². The van der Waals surface area contributed by atoms with Crippen molar-refractivity contribution in [1.29, 1.82) is 0 Å². The summed E-state index contributed by atoms with van der Waals surface area (Å²) in [5.74, 6) is 0.868. The number of amides is 2. The van der Waals surface area contributed by atoms with Gasteiger partial charge < -0.3 is 19.3 Å². The number of nitrogens with zero attached hydrogens (tertiary/aromatic N) is 2. The highest BCUT2D eigenvalue weighted by Crippen LogP contribution is 2.38. The number of likely N-dealkylation sites (tertiary alicyclic amines) is 2. The van der Waals surface area contributed by atoms with Crippen molar-refractivity contribution in [3.05, 3.63) is 30.3 Å². The first-order valence-corrected chi connectivity index (χ1v) is 9.44. The molecule has 6 nitrogen and oxygen atoms in total. The largest absolute Gasteiger partial charge is 0.493 e. The highest BCUT2D eigenvalue weighted by atomic mass is 16.5. The Morgan fingerprint density at radius 3 is 2.58 bits per heavy atom. The molecule has 1 atom stereocenters. The molecule has 1 unspecified atom stereocenters. The minimum atomic E-state index is -0.643. The lowest BCUT2D eigenvalue weighted by molar-refractivity contribution is -0.156. The molecule has 2 heterocycles. The van der Waals surface area contributed by atoms with E-state index >= 15 is 0 Å². The Morgan fingerprint density at radius 2 is 1.85 bits per heavy atom. The number of para-hydroxylation sites is 1. The molecule has 0 aliphatic carbocycles. The van der Waals surface area contributed by atoms with Crippen LogP contribution in [0.1, 0.15) is 32.1 Å². The molecule has 26 heavy (non-hydrogen) atoms. The second kappa shape index (κ2) is 8.54. The predicted octanol–water partition coefficient (Wildman–Crippen LogP) is 2.09. The van der Waals surface area contributed by atoms with Gasteiger partial charge in [-0.2, -0.15) is 0 Å². The second-order valence-corrected chi connectivity index (χ2v) is 6.98. The maximum atomic E-state index is 13.1. The molecule has 2 aliphatic heterocycles. The number of carbonyl (C=O) groups is 2. The van der Waals surface area contributed by atoms with Gasteiger partial charge in [-0.3, -0.25) is 9.59 Å². The Morgan fingerprint density at radius 1 is 1.12 bits per heavy atom. The van der Waals surface area contributed by atoms with Crippen molar-refractivity contribution in [3.8, 4) is 5.75 Å². The molecular weight excluding hydrogens is 332 g/mol. The molecule has 0 saturated carbocycles. The average molecular weight is 360 g/mol. The summed E-state index contributed by atoms with van der Waals surface area (Å²) in [6.07, 6.45) is 3.64. The van der Waals surface area contributed by atoms with Gasteiger partial charge in [0, 0.05) is 26.7 Å². The zero-order valence-electron chi connectivity index (χ0n) is 15.5. The van der Waals surface area contributed by atoms with Crippen molar-refractivity contribution in [2.24, 2.45) is 0 Å². The van der Waals surface area contributed by atoms with Crippen LogP contribution in [0.2, 0.25) is 0 Å². The third-order valence-corrected chi connectivity index (χ3v) is 5.39. The highest BCUT2D eigenvalue weighted by Gasteiger charge is 2.52. The summed E-state index contributed by atoms with van der Waals surface area (Å²) in [5, 5.41) is 0. The number of methoxy groups -OCH3 is 1. The van der Waals surface area contributed by atoms with Crippen LogP contribution < -0.4 is 4.74 Å². The van der Waals surface area contributed by atoms with Crippen molar-refractivity contribution >= 4 is 11.8 Å². The molecule has 0 bridgehead atoms. The molecule has 3 rings (SSSR count). The van der Waals surface area contributed by atoms with Crippen LogP contribution in [-0.4, -0.2) is 67.1 Å². The number of benzene rings is 1. The van der Waals surface area contributed by atoms with E-state index in [0.29, 0.717) is 32.7 Å². The van der Waals surface area contributed by atoms with Crippen molar-refractivity contribution in [2.45, 2.75) is 37.6 Å². The number of rotatable bonds is 7. The summed E-state index contributed by atoms with van der Waals surface area (Å²) in [6, 6.07) is 9.49. The highest BCUT2D eigenvalue weighted by molar-refractivity contribution is 5.92. The number of piperidine rings is 1. The van der Waals surface area contributed by atoms with E-state index in [1.165, 1.54) is 0 Å². The maximum Gasteiger partial charge on any atom is 0.248 e. The van der Waals surface area contributed by atoms with Gasteiger partial charge in [0.1, 0.15) is 11.3 Å². The zero-order valence-corrected chi connectivity index (χ0v) is 15.5. The summed E-state index contributed by atoms with van der Waals surface area (Å²) < 4.78 is 10.8. The summed E-state index contributed by atoms with van der Waals surface area (Å²) in [5.41, 5.74) is -0.643. The van der Waals surface area contributed by atoms with Crippen molar-refractivity contribution < 1.29 is 19.1 Å². The fraction of sp³-hybridized carbons (Fsp3) is 0.600. The van der Waals surface area contributed by atoms with Gasteiger partial charge in [0.25, 0.3) is 0 Å².